The zero-order chi connectivity index (χ0) is 89.9. The fourth-order valence-electron chi connectivity index (χ4n) is 15.1. The van der Waals surface area contributed by atoms with E-state index in [0.29, 0.717) is 98.3 Å². The highest BCUT2D eigenvalue weighted by Gasteiger charge is 2.29. The van der Waals surface area contributed by atoms with Crippen molar-refractivity contribution in [3.05, 3.63) is 291 Å². The molecule has 0 radical (unpaired) electrons. The second-order valence-corrected chi connectivity index (χ2v) is 34.3. The fraction of sp³-hybridized carbons (Fsp3) is 0.158. The molecule has 0 aliphatic rings. The molecule has 0 spiro atoms. The molecule has 4 N–H and O–H groups in total. The van der Waals surface area contributed by atoms with Crippen LogP contribution in [0.4, 0.5) is 23.3 Å². The standard InChI is InChI=1S/C26H25N5O2S.C25H22ClN5OS.C25H23N5OS.C25H21N5OS/c1-31-14-12-28-25(31)24-29-23(27-13-15-32-2)21-20(17-8-5-4-6-9-17)22(34-26(21)30-24)18-10-7-11-19(16-18)33-3;1-31-14-12-28-24(31)23-29-22(27-13-15-32-2)20-19(16-8-4-3-5-9-16)21(33-25(20)30-23)17-10-6-7-11-18(17)26;1-30-15-19(27-16-30)23-28-24(26-13-14-31-2)21-20(17-9-5-3-6-10-17)22(32-25(21)29-23)18-11-7-4-8-12-18;1-31-15-14-27-24-21-20(17-8-4-2-5-9-17)22(18-10-6-3-7-11-18)32-25(21)30-23(29-24)19-12-13-26-16-28-19/h4-12,14,16H,13,15H2,1-3H3,(H,27,29,30);3-12,14H,13,15H2,1-2H3,(H,27,29,30);3-12,15-16H,13-14H2,1-2H3,(H,26,28,29);2-13,16H,14-15H2,1H3,(H,27,29,30). The van der Waals surface area contributed by atoms with Gasteiger partial charge in [-0.2, -0.15) is 0 Å². The molecule has 12 heterocycles. The van der Waals surface area contributed by atoms with Gasteiger partial charge in [0.1, 0.15) is 66.1 Å². The Morgan fingerprint density at radius 1 is 0.336 bits per heavy atom. The average molecular weight is 1830 g/mol. The Morgan fingerprint density at radius 3 is 1.05 bits per heavy atom. The summed E-state index contributed by atoms with van der Waals surface area (Å²) in [4.78, 5) is 69.2. The number of ether oxygens (including phenoxy) is 5. The van der Waals surface area contributed by atoms with Crippen LogP contribution in [-0.2, 0) is 40.1 Å². The summed E-state index contributed by atoms with van der Waals surface area (Å²) in [7, 11) is 14.3. The Kier molecular flexibility index (Phi) is 28.7. The topological polar surface area (TPSA) is 277 Å². The first kappa shape index (κ1) is 88.8. The number of nitrogens with zero attached hydrogens (tertiary/aromatic N) is 16. The molecular formula is C101H91ClN20O5S4. The summed E-state index contributed by atoms with van der Waals surface area (Å²) in [5.41, 5.74) is 14.7. The van der Waals surface area contributed by atoms with Gasteiger partial charge in [0.25, 0.3) is 0 Å². The Morgan fingerprint density at radius 2 is 0.687 bits per heavy atom. The molecule has 30 heteroatoms. The number of benzene rings is 8. The van der Waals surface area contributed by atoms with Crippen molar-refractivity contribution in [2.24, 2.45) is 21.1 Å². The molecular weight excluding hydrogens is 1740 g/mol. The number of hydrogen-bond donors (Lipinski definition) is 4. The first-order chi connectivity index (χ1) is 64.4. The third-order valence-corrected chi connectivity index (χ3v) is 26.0. The lowest BCUT2D eigenvalue weighted by Crippen LogP contribution is -2.10. The zero-order valence-electron chi connectivity index (χ0n) is 73.0. The maximum Gasteiger partial charge on any atom is 0.199 e. The van der Waals surface area contributed by atoms with Gasteiger partial charge in [-0.05, 0) is 63.2 Å². The minimum Gasteiger partial charge on any atom is -0.497 e. The first-order valence-electron chi connectivity index (χ1n) is 42.2. The summed E-state index contributed by atoms with van der Waals surface area (Å²) in [6.07, 6.45) is 14.2. The van der Waals surface area contributed by atoms with Crippen molar-refractivity contribution < 1.29 is 23.7 Å². The SMILES string of the molecule is COCCNc1nc(-c2ccncn2)nc2sc(-c3ccccc3)c(-c3ccccc3)c12.COCCNc1nc(-c2cn(C)cn2)nc2sc(-c3ccccc3)c(-c3ccccc3)c12.COCCNc1nc(-c2nccn2C)nc2sc(-c3cccc(OC)c3)c(-c3ccccc3)c12.COCCNc1nc(-c2nccn2C)nc2sc(-c3ccccc3Cl)c(-c3ccccc3)c12. The minimum absolute atomic E-state index is 0.561. The van der Waals surface area contributed by atoms with E-state index in [9.17, 15) is 0 Å². The molecule has 0 saturated carbocycles. The van der Waals surface area contributed by atoms with Gasteiger partial charge in [0.2, 0.25) is 0 Å². The molecule has 0 amide bonds. The van der Waals surface area contributed by atoms with Crippen LogP contribution >= 0.6 is 56.9 Å². The van der Waals surface area contributed by atoms with Crippen LogP contribution in [0.5, 0.6) is 5.75 Å². The second kappa shape index (κ2) is 42.3. The largest absolute Gasteiger partial charge is 0.497 e. The van der Waals surface area contributed by atoms with Crippen molar-refractivity contribution in [3.63, 3.8) is 0 Å². The first-order valence-corrected chi connectivity index (χ1v) is 45.8. The normalized spacial score (nSPS) is 11.2. The summed E-state index contributed by atoms with van der Waals surface area (Å²) in [5, 5.41) is 18.6. The number of hydrogen-bond acceptors (Lipinski definition) is 26. The smallest absolute Gasteiger partial charge is 0.199 e. The highest BCUT2D eigenvalue weighted by Crippen LogP contribution is 2.53. The number of anilines is 4. The Hall–Kier alpha value is -14.2. The predicted octanol–water partition coefficient (Wildman–Crippen LogP) is 22.7. The van der Waals surface area contributed by atoms with E-state index in [1.54, 1.807) is 106 Å². The molecule has 0 aliphatic carbocycles. The molecule has 0 fully saturated rings. The Balaban J connectivity index is 0.000000122. The molecule has 0 saturated heterocycles. The molecule has 20 aromatic rings. The molecule has 0 bridgehead atoms. The van der Waals surface area contributed by atoms with Crippen LogP contribution in [0.15, 0.2) is 286 Å². The lowest BCUT2D eigenvalue weighted by Gasteiger charge is -2.11. The highest BCUT2D eigenvalue weighted by molar-refractivity contribution is 7.24. The molecule has 8 aromatic carbocycles. The van der Waals surface area contributed by atoms with Crippen LogP contribution in [0.1, 0.15) is 0 Å². The van der Waals surface area contributed by atoms with Crippen LogP contribution in [0.3, 0.4) is 0 Å². The number of fused-ring (bicyclic) bond motifs is 4. The van der Waals surface area contributed by atoms with Gasteiger partial charge < -0.3 is 58.7 Å². The van der Waals surface area contributed by atoms with Crippen molar-refractivity contribution in [3.8, 4) is 138 Å². The molecule has 656 valence electrons. The maximum atomic E-state index is 6.65. The van der Waals surface area contributed by atoms with Gasteiger partial charge in [-0.15, -0.1) is 45.3 Å². The molecule has 0 unspecified atom stereocenters. The van der Waals surface area contributed by atoms with Gasteiger partial charge >= 0.3 is 0 Å². The fourth-order valence-corrected chi connectivity index (χ4v) is 20.2. The summed E-state index contributed by atoms with van der Waals surface area (Å²) in [5.74, 6) is 7.66. The number of imidazole rings is 3. The number of halogens is 1. The lowest BCUT2D eigenvalue weighted by atomic mass is 9.99. The van der Waals surface area contributed by atoms with Gasteiger partial charge in [0.15, 0.2) is 34.9 Å². The Bertz CT molecular complexity index is 7230. The van der Waals surface area contributed by atoms with Crippen molar-refractivity contribution in [2.45, 2.75) is 0 Å². The summed E-state index contributed by atoms with van der Waals surface area (Å²) in [6, 6.07) is 80.2. The van der Waals surface area contributed by atoms with Crippen LogP contribution in [-0.4, -0.2) is 167 Å². The number of methoxy groups -OCH3 is 5. The van der Waals surface area contributed by atoms with Crippen LogP contribution in [0.2, 0.25) is 5.02 Å². The Labute approximate surface area is 778 Å². The van der Waals surface area contributed by atoms with E-state index in [4.69, 9.17) is 75.2 Å². The van der Waals surface area contributed by atoms with Crippen molar-refractivity contribution in [2.75, 3.05) is 109 Å². The van der Waals surface area contributed by atoms with Gasteiger partial charge in [-0.1, -0.05) is 224 Å². The van der Waals surface area contributed by atoms with Crippen LogP contribution in [0, 0.1) is 0 Å². The number of aromatic nitrogens is 16. The maximum absolute atomic E-state index is 6.65. The van der Waals surface area contributed by atoms with Gasteiger partial charge in [-0.3, -0.25) is 0 Å². The summed E-state index contributed by atoms with van der Waals surface area (Å²) >= 11 is 13.3. The zero-order valence-corrected chi connectivity index (χ0v) is 77.0. The third-order valence-electron chi connectivity index (χ3n) is 21.2. The molecule has 131 heavy (non-hydrogen) atoms. The average Bonchev–Trinajstić information content (AvgIpc) is 1.60. The number of nitrogens with one attached hydrogen (secondary N) is 4. The minimum atomic E-state index is 0.561. The summed E-state index contributed by atoms with van der Waals surface area (Å²) < 4.78 is 32.3. The van der Waals surface area contributed by atoms with E-state index >= 15 is 0 Å². The van der Waals surface area contributed by atoms with E-state index in [1.807, 2.05) is 144 Å². The van der Waals surface area contributed by atoms with Crippen LogP contribution < -0.4 is 26.0 Å². The van der Waals surface area contributed by atoms with E-state index in [2.05, 4.69) is 192 Å². The van der Waals surface area contributed by atoms with Crippen LogP contribution in [0.25, 0.3) is 173 Å². The van der Waals surface area contributed by atoms with Gasteiger partial charge in [-0.25, -0.2) is 64.8 Å². The van der Waals surface area contributed by atoms with Gasteiger partial charge in [0.05, 0.1) is 61.4 Å². The number of aryl methyl sites for hydroxylation is 3. The quantitative estimate of drug-likeness (QED) is 0.0317. The van der Waals surface area contributed by atoms with Crippen molar-refractivity contribution in [1.29, 1.82) is 0 Å². The molecule has 20 rings (SSSR count). The second-order valence-electron chi connectivity index (χ2n) is 29.9. The van der Waals surface area contributed by atoms with E-state index < -0.39 is 0 Å². The van der Waals surface area contributed by atoms with E-state index in [-0.39, 0.29) is 0 Å². The molecule has 0 atom stereocenters. The monoisotopic (exact) mass is 1830 g/mol. The number of rotatable bonds is 29. The lowest BCUT2D eigenvalue weighted by molar-refractivity contribution is 0.210. The molecule has 0 aliphatic heterocycles. The predicted molar refractivity (Wildman–Crippen MR) is 534 cm³/mol. The van der Waals surface area contributed by atoms with Crippen molar-refractivity contribution in [1.82, 2.24) is 78.5 Å². The molecule has 12 aromatic heterocycles. The molecule has 25 nitrogen and oxygen atoms in total. The van der Waals surface area contributed by atoms with E-state index in [1.165, 1.54) is 11.2 Å². The van der Waals surface area contributed by atoms with Crippen molar-refractivity contribution >= 4 is 121 Å². The van der Waals surface area contributed by atoms with Gasteiger partial charge in [0, 0.05) is 165 Å². The third kappa shape index (κ3) is 20.0. The van der Waals surface area contributed by atoms with E-state index in [0.717, 1.165) is 157 Å². The number of thiophene rings is 4. The summed E-state index contributed by atoms with van der Waals surface area (Å²) in [6.45, 7) is 4.81. The highest BCUT2D eigenvalue weighted by atomic mass is 35.5.